The lowest BCUT2D eigenvalue weighted by atomic mass is 9.44. The number of hydrogen-bond donors (Lipinski definition) is 2. The maximum absolute atomic E-state index is 13.2. The van der Waals surface area contributed by atoms with E-state index in [0.29, 0.717) is 29.5 Å². The summed E-state index contributed by atoms with van der Waals surface area (Å²) in [5.74, 6) is 2.08. The summed E-state index contributed by atoms with van der Waals surface area (Å²) in [7, 11) is 0. The highest BCUT2D eigenvalue weighted by atomic mass is 35.5. The van der Waals surface area contributed by atoms with E-state index in [1.54, 1.807) is 20.8 Å². The Morgan fingerprint density at radius 1 is 1.00 bits per heavy atom. The highest BCUT2D eigenvalue weighted by Gasteiger charge is 2.63. The molecule has 4 N–H and O–H groups in total. The van der Waals surface area contributed by atoms with Crippen LogP contribution in [0.15, 0.2) is 0 Å². The fourth-order valence-electron chi connectivity index (χ4n) is 9.09. The Bertz CT molecular complexity index is 847. The van der Waals surface area contributed by atoms with E-state index in [2.05, 4.69) is 13.8 Å². The molecule has 7 heteroatoms. The Hall–Kier alpha value is -0.980. The fourth-order valence-corrected chi connectivity index (χ4v) is 9.09. The van der Waals surface area contributed by atoms with Gasteiger partial charge in [0.25, 0.3) is 0 Å². The standard InChI is InChI=1S/C28H46N2O4.ClH/c1-16(31)19-11-12-20-18-10-9-17-7-6-8-23(28(17,5)21(18)13-14-27(19,20)4)34-25(33)24(30)26(2,3)22(32)15-29;/h17-21,23-24H,6-15,29-30H2,1-5H3;1H/t17-,18+,19-,20+,21+,23?,24-,27-,28+;/m1./s1. The summed E-state index contributed by atoms with van der Waals surface area (Å²) in [4.78, 5) is 38.0. The molecule has 35 heavy (non-hydrogen) atoms. The van der Waals surface area contributed by atoms with Gasteiger partial charge in [-0.1, -0.05) is 27.7 Å². The van der Waals surface area contributed by atoms with E-state index >= 15 is 0 Å². The topological polar surface area (TPSA) is 112 Å². The molecule has 4 rings (SSSR count). The zero-order valence-corrected chi connectivity index (χ0v) is 23.1. The van der Waals surface area contributed by atoms with E-state index in [9.17, 15) is 14.4 Å². The van der Waals surface area contributed by atoms with Gasteiger partial charge in [0.15, 0.2) is 5.78 Å². The number of Topliss-reactive ketones (excluding diaryl/α,β-unsaturated/α-hetero) is 2. The molecule has 0 bridgehead atoms. The maximum Gasteiger partial charge on any atom is 0.324 e. The third-order valence-electron chi connectivity index (χ3n) is 11.4. The van der Waals surface area contributed by atoms with Gasteiger partial charge in [0.05, 0.1) is 12.0 Å². The van der Waals surface area contributed by atoms with Crippen LogP contribution in [0.5, 0.6) is 0 Å². The van der Waals surface area contributed by atoms with Gasteiger partial charge in [-0.3, -0.25) is 14.4 Å². The first-order valence-electron chi connectivity index (χ1n) is 13.6. The number of carbonyl (C=O) groups is 3. The number of rotatable bonds is 6. The largest absolute Gasteiger partial charge is 0.461 e. The third-order valence-corrected chi connectivity index (χ3v) is 11.4. The normalized spacial score (nSPS) is 41.5. The predicted octanol–water partition coefficient (Wildman–Crippen LogP) is 4.45. The van der Waals surface area contributed by atoms with Crippen LogP contribution in [0, 0.1) is 45.8 Å². The van der Waals surface area contributed by atoms with Crippen LogP contribution >= 0.6 is 12.4 Å². The van der Waals surface area contributed by atoms with E-state index in [1.807, 2.05) is 0 Å². The summed E-state index contributed by atoms with van der Waals surface area (Å²) < 4.78 is 6.24. The van der Waals surface area contributed by atoms with Gasteiger partial charge >= 0.3 is 5.97 Å². The van der Waals surface area contributed by atoms with E-state index in [-0.39, 0.29) is 47.6 Å². The summed E-state index contributed by atoms with van der Waals surface area (Å²) >= 11 is 0. The number of ketones is 2. The van der Waals surface area contributed by atoms with Crippen LogP contribution < -0.4 is 11.5 Å². The summed E-state index contributed by atoms with van der Waals surface area (Å²) in [6.45, 7) is 9.75. The van der Waals surface area contributed by atoms with Gasteiger partial charge in [-0.05, 0) is 93.8 Å². The van der Waals surface area contributed by atoms with Crippen molar-refractivity contribution >= 4 is 29.9 Å². The molecule has 6 nitrogen and oxygen atoms in total. The summed E-state index contributed by atoms with van der Waals surface area (Å²) in [6, 6.07) is -1.02. The van der Waals surface area contributed by atoms with Gasteiger partial charge in [-0.2, -0.15) is 0 Å². The van der Waals surface area contributed by atoms with E-state index in [1.165, 1.54) is 19.3 Å². The molecule has 0 aliphatic heterocycles. The van der Waals surface area contributed by atoms with E-state index < -0.39 is 17.4 Å². The number of fused-ring (bicyclic) bond motifs is 5. The molecule has 0 heterocycles. The third kappa shape index (κ3) is 4.40. The highest BCUT2D eigenvalue weighted by Crippen LogP contribution is 2.67. The lowest BCUT2D eigenvalue weighted by molar-refractivity contribution is -0.194. The first kappa shape index (κ1) is 28.6. The zero-order valence-electron chi connectivity index (χ0n) is 22.3. The first-order chi connectivity index (χ1) is 15.9. The monoisotopic (exact) mass is 510 g/mol. The van der Waals surface area contributed by atoms with Gasteiger partial charge in [-0.15, -0.1) is 12.4 Å². The first-order valence-corrected chi connectivity index (χ1v) is 13.6. The zero-order chi connectivity index (χ0) is 25.1. The Balaban J connectivity index is 0.00000342. The molecule has 200 valence electrons. The molecule has 0 radical (unpaired) electrons. The fraction of sp³-hybridized carbons (Fsp3) is 0.893. The minimum atomic E-state index is -1.05. The van der Waals surface area contributed by atoms with Crippen LogP contribution in [-0.4, -0.2) is 36.2 Å². The Morgan fingerprint density at radius 3 is 2.31 bits per heavy atom. The number of ether oxygens (including phenoxy) is 1. The van der Waals surface area contributed by atoms with Crippen molar-refractivity contribution in [1.82, 2.24) is 0 Å². The van der Waals surface area contributed by atoms with Gasteiger partial charge in [-0.25, -0.2) is 0 Å². The maximum atomic E-state index is 13.2. The molecule has 0 spiro atoms. The molecule has 0 saturated heterocycles. The quantitative estimate of drug-likeness (QED) is 0.510. The van der Waals surface area contributed by atoms with Crippen LogP contribution in [0.25, 0.3) is 0 Å². The molecular weight excluding hydrogens is 464 g/mol. The lowest BCUT2D eigenvalue weighted by Gasteiger charge is -2.62. The predicted molar refractivity (Wildman–Crippen MR) is 139 cm³/mol. The average molecular weight is 511 g/mol. The number of esters is 1. The van der Waals surface area contributed by atoms with Gasteiger partial charge in [0, 0.05) is 11.3 Å². The van der Waals surface area contributed by atoms with Crippen molar-refractivity contribution in [1.29, 1.82) is 0 Å². The molecule has 0 amide bonds. The summed E-state index contributed by atoms with van der Waals surface area (Å²) in [5, 5.41) is 0. The minimum absolute atomic E-state index is 0. The van der Waals surface area contributed by atoms with Crippen LogP contribution in [0.1, 0.15) is 92.4 Å². The van der Waals surface area contributed by atoms with Crippen molar-refractivity contribution in [3.05, 3.63) is 0 Å². The molecule has 4 aliphatic rings. The Kier molecular flexibility index (Phi) is 8.21. The molecule has 1 unspecified atom stereocenters. The number of hydrogen-bond acceptors (Lipinski definition) is 6. The second-order valence-electron chi connectivity index (χ2n) is 13.0. The number of halogens is 1. The van der Waals surface area contributed by atoms with Crippen LogP contribution in [0.4, 0.5) is 0 Å². The van der Waals surface area contributed by atoms with Crippen molar-refractivity contribution in [3.8, 4) is 0 Å². The SMILES string of the molecule is CC(=O)[C@H]1CC[C@H]2[C@@H]3CC[C@H]4CCCC(OC(=O)[C@@H](N)C(C)(C)C(=O)CN)[C@]4(C)[C@H]3CC[C@]12C.Cl. The van der Waals surface area contributed by atoms with Crippen molar-refractivity contribution in [3.63, 3.8) is 0 Å². The van der Waals surface area contributed by atoms with Crippen molar-refractivity contribution < 1.29 is 19.1 Å². The molecule has 0 aromatic rings. The highest BCUT2D eigenvalue weighted by molar-refractivity contribution is 5.92. The van der Waals surface area contributed by atoms with Crippen LogP contribution in [0.2, 0.25) is 0 Å². The van der Waals surface area contributed by atoms with Crippen molar-refractivity contribution in [2.45, 2.75) is 105 Å². The molecule has 0 aromatic carbocycles. The van der Waals surface area contributed by atoms with Crippen LogP contribution in [-0.2, 0) is 19.1 Å². The second kappa shape index (κ2) is 10.1. The summed E-state index contributed by atoms with van der Waals surface area (Å²) in [6.07, 6.45) is 9.70. The molecule has 9 atom stereocenters. The second-order valence-corrected chi connectivity index (χ2v) is 13.0. The van der Waals surface area contributed by atoms with Crippen molar-refractivity contribution in [2.24, 2.45) is 57.3 Å². The van der Waals surface area contributed by atoms with Crippen LogP contribution in [0.3, 0.4) is 0 Å². The molecule has 4 aliphatic carbocycles. The Labute approximate surface area is 217 Å². The molecular formula is C28H47ClN2O4. The molecule has 4 fully saturated rings. The van der Waals surface area contributed by atoms with E-state index in [4.69, 9.17) is 16.2 Å². The average Bonchev–Trinajstić information content (AvgIpc) is 3.15. The Morgan fingerprint density at radius 2 is 1.69 bits per heavy atom. The smallest absolute Gasteiger partial charge is 0.324 e. The van der Waals surface area contributed by atoms with Crippen molar-refractivity contribution in [2.75, 3.05) is 6.54 Å². The minimum Gasteiger partial charge on any atom is -0.461 e. The van der Waals surface area contributed by atoms with Gasteiger partial charge < -0.3 is 16.2 Å². The van der Waals surface area contributed by atoms with E-state index in [0.717, 1.165) is 38.5 Å². The summed E-state index contributed by atoms with van der Waals surface area (Å²) in [5.41, 5.74) is 10.8. The van der Waals surface area contributed by atoms with Gasteiger partial charge in [0.1, 0.15) is 17.9 Å². The molecule has 4 saturated carbocycles. The van der Waals surface area contributed by atoms with Gasteiger partial charge in [0.2, 0.25) is 0 Å². The lowest BCUT2D eigenvalue weighted by Crippen LogP contribution is -2.59. The number of nitrogens with two attached hydrogens (primary N) is 2. The molecule has 0 aromatic heterocycles. The number of carbonyl (C=O) groups excluding carboxylic acids is 3.